The van der Waals surface area contributed by atoms with E-state index >= 15 is 0 Å². The molecule has 0 spiro atoms. The fourth-order valence-corrected chi connectivity index (χ4v) is 1.24. The van der Waals surface area contributed by atoms with Gasteiger partial charge in [0.1, 0.15) is 0 Å². The zero-order valence-corrected chi connectivity index (χ0v) is 5.27. The third-order valence-corrected chi connectivity index (χ3v) is 1.97. The maximum atomic E-state index is 5.72. The number of hydrogen-bond acceptors (Lipinski definition) is 1. The molecule has 0 saturated heterocycles. The molecular weight excluding hydrogens is 100 g/mol. The summed E-state index contributed by atoms with van der Waals surface area (Å²) in [7, 11) is 0. The molecule has 8 heavy (non-hydrogen) atoms. The van der Waals surface area contributed by atoms with Gasteiger partial charge in [-0.2, -0.15) is 0 Å². The van der Waals surface area contributed by atoms with E-state index in [1.807, 2.05) is 0 Å². The van der Waals surface area contributed by atoms with Crippen molar-refractivity contribution in [2.45, 2.75) is 37.8 Å². The van der Waals surface area contributed by atoms with Gasteiger partial charge in [-0.25, -0.2) is 0 Å². The molecule has 2 nitrogen and oxygen atoms in total. The Morgan fingerprint density at radius 2 is 1.88 bits per heavy atom. The van der Waals surface area contributed by atoms with Crippen molar-refractivity contribution in [2.75, 3.05) is 0 Å². The van der Waals surface area contributed by atoms with E-state index in [-0.39, 0.29) is 0 Å². The number of nitrogens with two attached hydrogens (primary N) is 1. The van der Waals surface area contributed by atoms with Gasteiger partial charge >= 0.3 is 0 Å². The minimum absolute atomic E-state index is 0.392. The highest BCUT2D eigenvalue weighted by Crippen LogP contribution is 2.13. The van der Waals surface area contributed by atoms with Crippen LogP contribution in [-0.4, -0.2) is 12.1 Å². The van der Waals surface area contributed by atoms with Crippen LogP contribution in [0.2, 0.25) is 0 Å². The second-order valence-electron chi connectivity index (χ2n) is 2.71. The Balaban J connectivity index is 2.28. The molecule has 0 aromatic rings. The van der Waals surface area contributed by atoms with Gasteiger partial charge in [0.05, 0.1) is 12.1 Å². The van der Waals surface area contributed by atoms with E-state index in [0.29, 0.717) is 12.1 Å². The van der Waals surface area contributed by atoms with Crippen molar-refractivity contribution in [3.8, 4) is 0 Å². The summed E-state index contributed by atoms with van der Waals surface area (Å²) in [5, 5.41) is 0. The van der Waals surface area contributed by atoms with Crippen LogP contribution in [0.15, 0.2) is 0 Å². The van der Waals surface area contributed by atoms with Gasteiger partial charge in [0.2, 0.25) is 0 Å². The van der Waals surface area contributed by atoms with Crippen LogP contribution in [0.25, 0.3) is 0 Å². The molecule has 0 unspecified atom stereocenters. The first-order valence-electron chi connectivity index (χ1n) is 3.39. The van der Waals surface area contributed by atoms with Crippen LogP contribution >= 0.6 is 0 Å². The summed E-state index contributed by atoms with van der Waals surface area (Å²) >= 11 is 0. The number of rotatable bonds is 0. The number of quaternary nitrogens is 1. The predicted molar refractivity (Wildman–Crippen MR) is 33.1 cm³/mol. The summed E-state index contributed by atoms with van der Waals surface area (Å²) in [6, 6.07) is 0.924. The molecule has 0 amide bonds. The van der Waals surface area contributed by atoms with Crippen molar-refractivity contribution >= 4 is 0 Å². The van der Waals surface area contributed by atoms with E-state index in [0.717, 1.165) is 0 Å². The minimum Gasteiger partial charge on any atom is -0.354 e. The first-order chi connectivity index (χ1) is 3.80. The lowest BCUT2D eigenvalue weighted by Gasteiger charge is -2.21. The van der Waals surface area contributed by atoms with Crippen LogP contribution in [-0.2, 0) is 0 Å². The van der Waals surface area contributed by atoms with Crippen LogP contribution in [0.4, 0.5) is 0 Å². The number of hydrogen-bond donors (Lipinski definition) is 2. The van der Waals surface area contributed by atoms with E-state index in [1.165, 1.54) is 25.7 Å². The first kappa shape index (κ1) is 6.05. The van der Waals surface area contributed by atoms with Crippen molar-refractivity contribution < 1.29 is 5.73 Å². The summed E-state index contributed by atoms with van der Waals surface area (Å²) in [4.78, 5) is 0. The lowest BCUT2D eigenvalue weighted by atomic mass is 9.92. The Morgan fingerprint density at radius 3 is 2.25 bits per heavy atom. The molecule has 1 rings (SSSR count). The quantitative estimate of drug-likeness (QED) is 0.439. The normalized spacial score (nSPS) is 39.8. The van der Waals surface area contributed by atoms with Gasteiger partial charge in [0, 0.05) is 6.42 Å². The minimum atomic E-state index is 0.392. The smallest absolute Gasteiger partial charge is 0.0996 e. The second kappa shape index (κ2) is 2.46. The highest BCUT2D eigenvalue weighted by molar-refractivity contribution is 4.75. The first-order valence-corrected chi connectivity index (χ1v) is 3.39. The molecule has 0 aliphatic heterocycles. The van der Waals surface area contributed by atoms with E-state index in [1.54, 1.807) is 0 Å². The van der Waals surface area contributed by atoms with Gasteiger partial charge in [0.15, 0.2) is 0 Å². The zero-order chi connectivity index (χ0) is 5.98. The standard InChI is InChI=1S/C6H14N2/c7-5-3-1-2-4-6(5)8/h5-6H,1-4,7-8H2/p+1/t5-,6-/m0/s1. The van der Waals surface area contributed by atoms with Crippen molar-refractivity contribution in [3.05, 3.63) is 0 Å². The molecular formula is C6H15N2+. The summed E-state index contributed by atoms with van der Waals surface area (Å²) < 4.78 is 0. The molecule has 0 aromatic heterocycles. The Labute approximate surface area is 50.2 Å². The summed E-state index contributed by atoms with van der Waals surface area (Å²) in [6.07, 6.45) is 5.07. The van der Waals surface area contributed by atoms with Crippen LogP contribution < -0.4 is 11.5 Å². The molecule has 48 valence electrons. The molecule has 1 aliphatic rings. The predicted octanol–water partition coefficient (Wildman–Crippen LogP) is -0.502. The largest absolute Gasteiger partial charge is 0.354 e. The monoisotopic (exact) mass is 115 g/mol. The van der Waals surface area contributed by atoms with Crippen LogP contribution in [0.3, 0.4) is 0 Å². The fourth-order valence-electron chi connectivity index (χ4n) is 1.24. The lowest BCUT2D eigenvalue weighted by molar-refractivity contribution is -0.429. The third-order valence-electron chi connectivity index (χ3n) is 1.97. The third kappa shape index (κ3) is 1.20. The van der Waals surface area contributed by atoms with Gasteiger partial charge in [0.25, 0.3) is 0 Å². The van der Waals surface area contributed by atoms with Gasteiger partial charge in [-0.1, -0.05) is 6.42 Å². The van der Waals surface area contributed by atoms with E-state index in [9.17, 15) is 0 Å². The Morgan fingerprint density at radius 1 is 1.25 bits per heavy atom. The summed E-state index contributed by atoms with van der Waals surface area (Å²) in [5.74, 6) is 0. The van der Waals surface area contributed by atoms with Crippen LogP contribution in [0.1, 0.15) is 25.7 Å². The molecule has 0 heterocycles. The highest BCUT2D eigenvalue weighted by Gasteiger charge is 2.19. The van der Waals surface area contributed by atoms with E-state index in [4.69, 9.17) is 5.73 Å². The second-order valence-corrected chi connectivity index (χ2v) is 2.71. The summed E-state index contributed by atoms with van der Waals surface area (Å²) in [6.45, 7) is 0. The average molecular weight is 115 g/mol. The van der Waals surface area contributed by atoms with E-state index in [2.05, 4.69) is 5.73 Å². The van der Waals surface area contributed by atoms with E-state index < -0.39 is 0 Å². The molecule has 0 radical (unpaired) electrons. The summed E-state index contributed by atoms with van der Waals surface area (Å²) in [5.41, 5.74) is 9.67. The van der Waals surface area contributed by atoms with Crippen molar-refractivity contribution in [1.82, 2.24) is 0 Å². The van der Waals surface area contributed by atoms with Gasteiger partial charge in [-0.05, 0) is 12.8 Å². The van der Waals surface area contributed by atoms with Crippen molar-refractivity contribution in [1.29, 1.82) is 0 Å². The van der Waals surface area contributed by atoms with Crippen LogP contribution in [0.5, 0.6) is 0 Å². The van der Waals surface area contributed by atoms with Gasteiger partial charge in [-0.15, -0.1) is 0 Å². The maximum absolute atomic E-state index is 5.72. The highest BCUT2D eigenvalue weighted by atomic mass is 14.8. The molecule has 1 aliphatic carbocycles. The SMILES string of the molecule is N[C@H]1CCCC[C@@H]1[NH3+]. The molecule has 2 atom stereocenters. The zero-order valence-electron chi connectivity index (χ0n) is 5.27. The Kier molecular flexibility index (Phi) is 1.86. The Bertz CT molecular complexity index is 62.9. The van der Waals surface area contributed by atoms with Crippen molar-refractivity contribution in [3.63, 3.8) is 0 Å². The molecule has 1 saturated carbocycles. The van der Waals surface area contributed by atoms with Crippen molar-refractivity contribution in [2.24, 2.45) is 5.73 Å². The lowest BCUT2D eigenvalue weighted by Crippen LogP contribution is -2.69. The molecule has 0 aromatic carbocycles. The maximum Gasteiger partial charge on any atom is 0.0996 e. The van der Waals surface area contributed by atoms with Gasteiger partial charge in [-0.3, -0.25) is 0 Å². The fraction of sp³-hybridized carbons (Fsp3) is 1.00. The van der Waals surface area contributed by atoms with Gasteiger partial charge < -0.3 is 11.5 Å². The topological polar surface area (TPSA) is 53.7 Å². The average Bonchev–Trinajstić information content (AvgIpc) is 1.77. The van der Waals surface area contributed by atoms with Crippen LogP contribution in [0, 0.1) is 0 Å². The molecule has 2 heteroatoms. The Hall–Kier alpha value is -0.0800. The molecule has 0 bridgehead atoms. The molecule has 1 fully saturated rings. The molecule has 5 N–H and O–H groups in total.